The van der Waals surface area contributed by atoms with Crippen LogP contribution in [0.15, 0.2) is 168 Å². The van der Waals surface area contributed by atoms with Crippen molar-refractivity contribution in [3.63, 3.8) is 0 Å². The summed E-state index contributed by atoms with van der Waals surface area (Å²) in [5.41, 5.74) is 2.74. The van der Waals surface area contributed by atoms with Crippen molar-refractivity contribution in [1.82, 2.24) is 15.0 Å². The molecule has 3 aromatic heterocycles. The van der Waals surface area contributed by atoms with Gasteiger partial charge in [0.1, 0.15) is 11.2 Å². The van der Waals surface area contributed by atoms with Gasteiger partial charge in [0.05, 0.1) is 13.7 Å². The lowest BCUT2D eigenvalue weighted by Gasteiger charge is -2.09. The summed E-state index contributed by atoms with van der Waals surface area (Å²) in [6.45, 7) is 0. The predicted octanol–water partition coefficient (Wildman–Crippen LogP) is 12.5. The molecule has 50 heavy (non-hydrogen) atoms. The largest absolute Gasteiger partial charge is 0.455 e. The molecule has 234 valence electrons. The molecule has 0 bridgehead atoms. The van der Waals surface area contributed by atoms with Gasteiger partial charge in [0.25, 0.3) is 0 Å². The molecule has 0 N–H and O–H groups in total. The highest BCUT2D eigenvalue weighted by Gasteiger charge is 2.19. The molecule has 0 amide bonds. The number of hydrogen-bond acceptors (Lipinski definition) is 5. The average Bonchev–Trinajstić information content (AvgIpc) is 3.85. The zero-order valence-electron chi connectivity index (χ0n) is 36.0. The number of hydrogen-bond donors (Lipinski definition) is 0. The van der Waals surface area contributed by atoms with Crippen molar-refractivity contribution in [3.8, 4) is 56.4 Å². The number of furan rings is 1. The second-order valence-electron chi connectivity index (χ2n) is 11.7. The fourth-order valence-corrected chi connectivity index (χ4v) is 7.56. The van der Waals surface area contributed by atoms with Crippen LogP contribution in [0.2, 0.25) is 0 Å². The van der Waals surface area contributed by atoms with E-state index in [1.807, 2.05) is 60.7 Å². The molecule has 5 heteroatoms. The molecular weight excluding hydrogens is 631 g/mol. The molecule has 3 heterocycles. The van der Waals surface area contributed by atoms with Crippen molar-refractivity contribution >= 4 is 53.4 Å². The quantitative estimate of drug-likeness (QED) is 0.183. The highest BCUT2D eigenvalue weighted by atomic mass is 32.1. The molecule has 10 rings (SSSR count). The summed E-state index contributed by atoms with van der Waals surface area (Å²) in [5.74, 6) is 1.30. The molecule has 0 aliphatic heterocycles. The SMILES string of the molecule is [2H]c1c([2H])c([2H])c(-c2cc(-c3c([2H])c([2H])c([2H])c([2H])c3[2H])c3oc4cc(-c5nc(-c6ccccc6)nc(-c6cccc7sc8ccccc8c67)n5)ccc4c3c2)c([2H])c1[2H]. The smallest absolute Gasteiger partial charge is 0.164 e. The lowest BCUT2D eigenvalue weighted by Crippen LogP contribution is -2.00. The predicted molar refractivity (Wildman–Crippen MR) is 207 cm³/mol. The minimum atomic E-state index is -0.573. The maximum absolute atomic E-state index is 8.86. The number of rotatable bonds is 5. The van der Waals surface area contributed by atoms with Gasteiger partial charge in [0.2, 0.25) is 0 Å². The van der Waals surface area contributed by atoms with Gasteiger partial charge >= 0.3 is 0 Å². The second-order valence-corrected chi connectivity index (χ2v) is 12.7. The van der Waals surface area contributed by atoms with Crippen LogP contribution >= 0.6 is 11.3 Å². The topological polar surface area (TPSA) is 51.8 Å². The Hall–Kier alpha value is -6.43. The van der Waals surface area contributed by atoms with Gasteiger partial charge in [0, 0.05) is 53.2 Å². The summed E-state index contributed by atoms with van der Waals surface area (Å²) < 4.78 is 94.0. The van der Waals surface area contributed by atoms with Crippen molar-refractivity contribution < 1.29 is 18.1 Å². The number of thiophene rings is 1. The summed E-state index contributed by atoms with van der Waals surface area (Å²) >= 11 is 1.70. The lowest BCUT2D eigenvalue weighted by atomic mass is 9.95. The zero-order chi connectivity index (χ0) is 41.7. The van der Waals surface area contributed by atoms with Crippen molar-refractivity contribution in [1.29, 1.82) is 0 Å². The highest BCUT2D eigenvalue weighted by Crippen LogP contribution is 2.42. The van der Waals surface area contributed by atoms with Gasteiger partial charge in [-0.3, -0.25) is 0 Å². The van der Waals surface area contributed by atoms with E-state index in [1.165, 1.54) is 6.07 Å². The van der Waals surface area contributed by atoms with Crippen LogP contribution in [0.1, 0.15) is 13.7 Å². The molecule has 0 aliphatic rings. The van der Waals surface area contributed by atoms with Crippen LogP contribution in [0, 0.1) is 0 Å². The first-order chi connectivity index (χ1) is 28.9. The van der Waals surface area contributed by atoms with Gasteiger partial charge in [0.15, 0.2) is 17.5 Å². The van der Waals surface area contributed by atoms with E-state index < -0.39 is 60.4 Å². The van der Waals surface area contributed by atoms with Crippen LogP contribution < -0.4 is 0 Å². The molecule has 10 aromatic rings. The third-order valence-electron chi connectivity index (χ3n) is 8.70. The van der Waals surface area contributed by atoms with Crippen LogP contribution in [0.4, 0.5) is 0 Å². The van der Waals surface area contributed by atoms with E-state index in [0.717, 1.165) is 31.3 Å². The highest BCUT2D eigenvalue weighted by molar-refractivity contribution is 7.25. The Kier molecular flexibility index (Phi) is 4.69. The molecule has 0 saturated heterocycles. The molecule has 0 saturated carbocycles. The molecule has 0 unspecified atom stereocenters. The molecular formula is C45H27N3OS. The van der Waals surface area contributed by atoms with E-state index in [0.29, 0.717) is 39.4 Å². The van der Waals surface area contributed by atoms with E-state index in [1.54, 1.807) is 29.5 Å². The number of fused-ring (bicyclic) bond motifs is 6. The van der Waals surface area contributed by atoms with Crippen LogP contribution in [0.3, 0.4) is 0 Å². The molecule has 0 aliphatic carbocycles. The second kappa shape index (κ2) is 11.6. The Labute approximate surface area is 306 Å². The summed E-state index contributed by atoms with van der Waals surface area (Å²) in [6.07, 6.45) is 0. The normalized spacial score (nSPS) is 14.4. The molecule has 7 aromatic carbocycles. The Balaban J connectivity index is 1.24. The number of aromatic nitrogens is 3. The Morgan fingerprint density at radius 3 is 1.98 bits per heavy atom. The van der Waals surface area contributed by atoms with Crippen molar-refractivity contribution in [3.05, 3.63) is 164 Å². The number of nitrogens with zero attached hydrogens (tertiary/aromatic N) is 3. The van der Waals surface area contributed by atoms with E-state index in [2.05, 4.69) is 18.2 Å². The van der Waals surface area contributed by atoms with E-state index in [-0.39, 0.29) is 27.8 Å². The number of benzene rings is 7. The molecule has 0 fully saturated rings. The minimum Gasteiger partial charge on any atom is -0.455 e. The average molecular weight is 668 g/mol. The Morgan fingerprint density at radius 1 is 0.460 bits per heavy atom. The van der Waals surface area contributed by atoms with Gasteiger partial charge in [-0.15, -0.1) is 11.3 Å². The lowest BCUT2D eigenvalue weighted by molar-refractivity contribution is 0.670. The van der Waals surface area contributed by atoms with Crippen molar-refractivity contribution in [2.75, 3.05) is 0 Å². The van der Waals surface area contributed by atoms with E-state index in [9.17, 15) is 0 Å². The zero-order valence-corrected chi connectivity index (χ0v) is 26.8. The first kappa shape index (κ1) is 20.2. The van der Waals surface area contributed by atoms with Crippen LogP contribution in [-0.4, -0.2) is 15.0 Å². The van der Waals surface area contributed by atoms with Crippen LogP contribution in [0.5, 0.6) is 0 Å². The Morgan fingerprint density at radius 2 is 1.16 bits per heavy atom. The van der Waals surface area contributed by atoms with Gasteiger partial charge in [-0.2, -0.15) is 0 Å². The van der Waals surface area contributed by atoms with Gasteiger partial charge in [-0.1, -0.05) is 127 Å². The molecule has 0 radical (unpaired) electrons. The van der Waals surface area contributed by atoms with Crippen molar-refractivity contribution in [2.24, 2.45) is 0 Å². The fourth-order valence-electron chi connectivity index (χ4n) is 6.43. The molecule has 0 atom stereocenters. The monoisotopic (exact) mass is 667 g/mol. The molecule has 0 spiro atoms. The maximum atomic E-state index is 8.86. The summed E-state index contributed by atoms with van der Waals surface area (Å²) in [4.78, 5) is 15.0. The minimum absolute atomic E-state index is 0.0916. The third kappa shape index (κ3) is 4.79. The first-order valence-electron chi connectivity index (χ1n) is 20.8. The third-order valence-corrected chi connectivity index (χ3v) is 9.84. The standard InChI is InChI=1S/C45H27N3OS/c1-4-13-28(14-5-1)32-25-36(29-15-6-2-7-16-29)42-37(26-32)33-24-23-31(27-38(33)49-42)44-46-43(30-17-8-3-9-18-30)47-45(48-44)35-20-12-22-40-41(35)34-19-10-11-21-39(34)50-40/h1-27H/i1D,2D,4D,5D,6D,7D,13D,14D,15D,16D. The molecule has 4 nitrogen and oxygen atoms in total. The van der Waals surface area contributed by atoms with Crippen LogP contribution in [0.25, 0.3) is 98.5 Å². The fraction of sp³-hybridized carbons (Fsp3) is 0. The summed E-state index contributed by atoms with van der Waals surface area (Å²) in [5, 5.41) is 3.12. The van der Waals surface area contributed by atoms with Gasteiger partial charge in [-0.05, 0) is 53.1 Å². The Bertz CT molecular complexity index is 3400. The van der Waals surface area contributed by atoms with Gasteiger partial charge in [-0.25, -0.2) is 15.0 Å². The van der Waals surface area contributed by atoms with Crippen LogP contribution in [-0.2, 0) is 0 Å². The summed E-state index contributed by atoms with van der Waals surface area (Å²) in [6, 6.07) is 27.2. The first-order valence-corrected chi connectivity index (χ1v) is 16.6. The maximum Gasteiger partial charge on any atom is 0.164 e. The van der Waals surface area contributed by atoms with Crippen molar-refractivity contribution in [2.45, 2.75) is 0 Å². The van der Waals surface area contributed by atoms with E-state index >= 15 is 0 Å². The van der Waals surface area contributed by atoms with E-state index in [4.69, 9.17) is 33.1 Å². The van der Waals surface area contributed by atoms with Gasteiger partial charge < -0.3 is 4.42 Å². The summed E-state index contributed by atoms with van der Waals surface area (Å²) in [7, 11) is 0.